The number of thiocarbonyl (C=S) groups is 1. The van der Waals surface area contributed by atoms with E-state index in [0.717, 1.165) is 59.5 Å². The summed E-state index contributed by atoms with van der Waals surface area (Å²) in [7, 11) is 1.71. The highest BCUT2D eigenvalue weighted by molar-refractivity contribution is 7.80. The number of piperazine rings is 1. The van der Waals surface area contributed by atoms with Gasteiger partial charge in [-0.3, -0.25) is 0 Å². The third-order valence-corrected chi connectivity index (χ3v) is 5.31. The van der Waals surface area contributed by atoms with E-state index in [1.807, 2.05) is 38.1 Å². The van der Waals surface area contributed by atoms with E-state index < -0.39 is 0 Å². The highest BCUT2D eigenvalue weighted by Gasteiger charge is 2.21. The zero-order chi connectivity index (χ0) is 18.7. The van der Waals surface area contributed by atoms with Crippen LogP contribution in [0.25, 0.3) is 0 Å². The molecule has 0 radical (unpaired) electrons. The molecule has 1 fully saturated rings. The van der Waals surface area contributed by atoms with E-state index in [-0.39, 0.29) is 0 Å². The Labute approximate surface area is 165 Å². The highest BCUT2D eigenvalue weighted by atomic mass is 35.5. The van der Waals surface area contributed by atoms with E-state index in [0.29, 0.717) is 5.02 Å². The Balaban J connectivity index is 1.64. The van der Waals surface area contributed by atoms with Crippen molar-refractivity contribution < 1.29 is 4.74 Å². The van der Waals surface area contributed by atoms with Gasteiger partial charge in [-0.15, -0.1) is 0 Å². The molecule has 1 N–H and O–H groups in total. The first kappa shape index (κ1) is 18.8. The molecule has 0 saturated carbocycles. The standard InChI is InChI=1S/C20H24ClN3OS/c1-14-12-15(2)19(16(21)13-14)22-20(26)24-10-8-23(9-11-24)17-6-4-5-7-18(17)25-3/h4-7,12-13H,8-11H2,1-3H3,(H,22,26). The Bertz CT molecular complexity index is 780. The summed E-state index contributed by atoms with van der Waals surface area (Å²) in [6.07, 6.45) is 0. The molecule has 6 heteroatoms. The van der Waals surface area contributed by atoms with Crippen molar-refractivity contribution in [1.29, 1.82) is 0 Å². The van der Waals surface area contributed by atoms with E-state index in [4.69, 9.17) is 28.6 Å². The van der Waals surface area contributed by atoms with E-state index in [1.54, 1.807) is 7.11 Å². The summed E-state index contributed by atoms with van der Waals surface area (Å²) >= 11 is 12.0. The van der Waals surface area contributed by atoms with Gasteiger partial charge < -0.3 is 19.9 Å². The number of nitrogens with one attached hydrogen (secondary N) is 1. The minimum absolute atomic E-state index is 0.706. The summed E-state index contributed by atoms with van der Waals surface area (Å²) in [5.41, 5.74) is 4.28. The van der Waals surface area contributed by atoms with Gasteiger partial charge in [0.05, 0.1) is 23.5 Å². The molecule has 1 aliphatic heterocycles. The van der Waals surface area contributed by atoms with Crippen LogP contribution in [-0.2, 0) is 0 Å². The predicted molar refractivity (Wildman–Crippen MR) is 114 cm³/mol. The van der Waals surface area contributed by atoms with Crippen LogP contribution in [0.1, 0.15) is 11.1 Å². The third-order valence-electron chi connectivity index (χ3n) is 4.66. The fourth-order valence-corrected chi connectivity index (χ4v) is 3.95. The number of rotatable bonds is 3. The molecule has 0 amide bonds. The number of aryl methyl sites for hydroxylation is 2. The molecule has 138 valence electrons. The van der Waals surface area contributed by atoms with Crippen molar-refractivity contribution in [1.82, 2.24) is 4.90 Å². The van der Waals surface area contributed by atoms with Gasteiger partial charge in [0.25, 0.3) is 0 Å². The molecule has 0 unspecified atom stereocenters. The van der Waals surface area contributed by atoms with Gasteiger partial charge in [0.2, 0.25) is 0 Å². The van der Waals surface area contributed by atoms with Crippen molar-refractivity contribution >= 4 is 40.3 Å². The molecule has 2 aromatic carbocycles. The second-order valence-corrected chi connectivity index (χ2v) is 7.31. The van der Waals surface area contributed by atoms with Gasteiger partial charge in [0.1, 0.15) is 5.75 Å². The molecule has 4 nitrogen and oxygen atoms in total. The Morgan fingerprint density at radius 1 is 1.12 bits per heavy atom. The van der Waals surface area contributed by atoms with Crippen LogP contribution in [0.2, 0.25) is 5.02 Å². The maximum absolute atomic E-state index is 6.39. The smallest absolute Gasteiger partial charge is 0.173 e. The second-order valence-electron chi connectivity index (χ2n) is 6.51. The van der Waals surface area contributed by atoms with Gasteiger partial charge in [0.15, 0.2) is 5.11 Å². The van der Waals surface area contributed by atoms with Crippen LogP contribution in [0, 0.1) is 13.8 Å². The molecule has 3 rings (SSSR count). The van der Waals surface area contributed by atoms with Gasteiger partial charge in [-0.1, -0.05) is 29.8 Å². The van der Waals surface area contributed by atoms with Crippen molar-refractivity contribution in [3.05, 3.63) is 52.5 Å². The molecule has 0 aliphatic carbocycles. The van der Waals surface area contributed by atoms with Gasteiger partial charge >= 0.3 is 0 Å². The molecule has 1 heterocycles. The molecule has 2 aromatic rings. The third kappa shape index (κ3) is 4.05. The highest BCUT2D eigenvalue weighted by Crippen LogP contribution is 2.30. The number of benzene rings is 2. The number of ether oxygens (including phenoxy) is 1. The number of hydrogen-bond acceptors (Lipinski definition) is 3. The van der Waals surface area contributed by atoms with Crippen LogP contribution in [-0.4, -0.2) is 43.3 Å². The lowest BCUT2D eigenvalue weighted by molar-refractivity contribution is 0.382. The average Bonchev–Trinajstić information content (AvgIpc) is 2.64. The van der Waals surface area contributed by atoms with Crippen LogP contribution in [0.5, 0.6) is 5.75 Å². The molecule has 1 saturated heterocycles. The SMILES string of the molecule is COc1ccccc1N1CCN(C(=S)Nc2c(C)cc(C)cc2Cl)CC1. The summed E-state index contributed by atoms with van der Waals surface area (Å²) in [4.78, 5) is 4.53. The molecule has 0 spiro atoms. The summed E-state index contributed by atoms with van der Waals surface area (Å²) in [5.74, 6) is 0.906. The lowest BCUT2D eigenvalue weighted by atomic mass is 10.1. The van der Waals surface area contributed by atoms with Crippen LogP contribution < -0.4 is 15.0 Å². The lowest BCUT2D eigenvalue weighted by Crippen LogP contribution is -2.50. The Morgan fingerprint density at radius 2 is 1.81 bits per heavy atom. The Hall–Kier alpha value is -1.98. The first-order valence-electron chi connectivity index (χ1n) is 8.70. The van der Waals surface area contributed by atoms with E-state index in [9.17, 15) is 0 Å². The van der Waals surface area contributed by atoms with E-state index in [2.05, 4.69) is 27.2 Å². The van der Waals surface area contributed by atoms with E-state index in [1.165, 1.54) is 0 Å². The molecular weight excluding hydrogens is 366 g/mol. The Morgan fingerprint density at radius 3 is 2.46 bits per heavy atom. The summed E-state index contributed by atoms with van der Waals surface area (Å²) in [5, 5.41) is 4.76. The average molecular weight is 390 g/mol. The van der Waals surface area contributed by atoms with Crippen molar-refractivity contribution in [3.8, 4) is 5.75 Å². The molecule has 0 aromatic heterocycles. The minimum atomic E-state index is 0.706. The summed E-state index contributed by atoms with van der Waals surface area (Å²) in [6.45, 7) is 7.58. The quantitative estimate of drug-likeness (QED) is 0.781. The second kappa shape index (κ2) is 8.14. The largest absolute Gasteiger partial charge is 0.495 e. The zero-order valence-corrected chi connectivity index (χ0v) is 17.0. The van der Waals surface area contributed by atoms with E-state index >= 15 is 0 Å². The van der Waals surface area contributed by atoms with Gasteiger partial charge in [0, 0.05) is 26.2 Å². The number of methoxy groups -OCH3 is 1. The normalized spacial score (nSPS) is 14.3. The Kier molecular flexibility index (Phi) is 5.89. The molecule has 26 heavy (non-hydrogen) atoms. The topological polar surface area (TPSA) is 27.7 Å². The fraction of sp³-hybridized carbons (Fsp3) is 0.350. The van der Waals surface area contributed by atoms with Crippen molar-refractivity contribution in [2.24, 2.45) is 0 Å². The molecule has 1 aliphatic rings. The molecule has 0 atom stereocenters. The molecule has 0 bridgehead atoms. The van der Waals surface area contributed by atoms with Gasteiger partial charge in [-0.2, -0.15) is 0 Å². The summed E-state index contributed by atoms with van der Waals surface area (Å²) < 4.78 is 5.48. The van der Waals surface area contributed by atoms with Crippen molar-refractivity contribution in [2.75, 3.05) is 43.5 Å². The van der Waals surface area contributed by atoms with Crippen LogP contribution in [0.4, 0.5) is 11.4 Å². The number of anilines is 2. The van der Waals surface area contributed by atoms with Gasteiger partial charge in [-0.05, 0) is 55.4 Å². The monoisotopic (exact) mass is 389 g/mol. The maximum atomic E-state index is 6.39. The first-order chi connectivity index (χ1) is 12.5. The lowest BCUT2D eigenvalue weighted by Gasteiger charge is -2.38. The number of hydrogen-bond donors (Lipinski definition) is 1. The molecular formula is C20H24ClN3OS. The number of para-hydroxylation sites is 2. The predicted octanol–water partition coefficient (Wildman–Crippen LogP) is 4.48. The van der Waals surface area contributed by atoms with Crippen LogP contribution in [0.3, 0.4) is 0 Å². The van der Waals surface area contributed by atoms with Crippen molar-refractivity contribution in [2.45, 2.75) is 13.8 Å². The summed E-state index contributed by atoms with van der Waals surface area (Å²) in [6, 6.07) is 12.2. The minimum Gasteiger partial charge on any atom is -0.495 e. The van der Waals surface area contributed by atoms with Crippen LogP contribution >= 0.6 is 23.8 Å². The van der Waals surface area contributed by atoms with Crippen molar-refractivity contribution in [3.63, 3.8) is 0 Å². The number of halogens is 1. The zero-order valence-electron chi connectivity index (χ0n) is 15.4. The van der Waals surface area contributed by atoms with Crippen LogP contribution in [0.15, 0.2) is 36.4 Å². The first-order valence-corrected chi connectivity index (χ1v) is 9.49. The maximum Gasteiger partial charge on any atom is 0.173 e. The number of nitrogens with zero attached hydrogens (tertiary/aromatic N) is 2. The van der Waals surface area contributed by atoms with Gasteiger partial charge in [-0.25, -0.2) is 0 Å². The fourth-order valence-electron chi connectivity index (χ4n) is 3.30.